The van der Waals surface area contributed by atoms with E-state index in [1.807, 2.05) is 13.8 Å². The van der Waals surface area contributed by atoms with Crippen LogP contribution in [0.5, 0.6) is 0 Å². The van der Waals surface area contributed by atoms with Crippen LogP contribution in [-0.4, -0.2) is 24.3 Å². The fraction of sp³-hybridized carbons (Fsp3) is 0.562. The molecule has 0 spiro atoms. The molecule has 5 nitrogen and oxygen atoms in total. The van der Waals surface area contributed by atoms with Gasteiger partial charge in [0.1, 0.15) is 5.00 Å². The first-order valence-corrected chi connectivity index (χ1v) is 8.31. The normalized spacial score (nSPS) is 10.6. The maximum Gasteiger partial charge on any atom is 0.341 e. The van der Waals surface area contributed by atoms with Crippen LogP contribution in [0.3, 0.4) is 0 Å². The van der Waals surface area contributed by atoms with Crippen molar-refractivity contribution in [3.05, 3.63) is 16.0 Å². The molecule has 0 bridgehead atoms. The summed E-state index contributed by atoms with van der Waals surface area (Å²) in [5, 5.41) is 3.20. The van der Waals surface area contributed by atoms with Gasteiger partial charge in [-0.15, -0.1) is 11.3 Å². The smallest absolute Gasteiger partial charge is 0.341 e. The SMILES string of the molecule is CCOC(=O)c1c(NC(=O)C(CC)CC)sc(C(C)=O)c1C. The molecular formula is C16H23NO4S. The van der Waals surface area contributed by atoms with Crippen molar-refractivity contribution < 1.29 is 19.1 Å². The average Bonchev–Trinajstić information content (AvgIpc) is 2.77. The Morgan fingerprint density at radius 2 is 1.77 bits per heavy atom. The highest BCUT2D eigenvalue weighted by Gasteiger charge is 2.26. The number of thiophene rings is 1. The lowest BCUT2D eigenvalue weighted by atomic mass is 10.0. The lowest BCUT2D eigenvalue weighted by Gasteiger charge is -2.12. The van der Waals surface area contributed by atoms with Crippen LogP contribution in [0.2, 0.25) is 0 Å². The molecule has 6 heteroatoms. The molecule has 0 aliphatic rings. The van der Waals surface area contributed by atoms with Crippen molar-refractivity contribution in [3.8, 4) is 0 Å². The minimum absolute atomic E-state index is 0.113. The van der Waals surface area contributed by atoms with Gasteiger partial charge in [-0.05, 0) is 39.2 Å². The van der Waals surface area contributed by atoms with E-state index in [1.54, 1.807) is 13.8 Å². The van der Waals surface area contributed by atoms with Crippen molar-refractivity contribution in [2.45, 2.75) is 47.5 Å². The van der Waals surface area contributed by atoms with Crippen molar-refractivity contribution in [3.63, 3.8) is 0 Å². The van der Waals surface area contributed by atoms with E-state index in [0.29, 0.717) is 15.4 Å². The van der Waals surface area contributed by atoms with Crippen LogP contribution in [0.25, 0.3) is 0 Å². The van der Waals surface area contributed by atoms with Gasteiger partial charge in [-0.1, -0.05) is 13.8 Å². The zero-order valence-corrected chi connectivity index (χ0v) is 14.6. The molecule has 1 rings (SSSR count). The monoisotopic (exact) mass is 325 g/mol. The molecule has 22 heavy (non-hydrogen) atoms. The predicted octanol–water partition coefficient (Wildman–Crippen LogP) is 3.81. The standard InChI is InChI=1S/C16H23NO4S/c1-6-11(7-2)14(19)17-15-12(16(20)21-8-3)9(4)13(22-15)10(5)18/h11H,6-8H2,1-5H3,(H,17,19). The molecule has 0 fully saturated rings. The first kappa shape index (κ1) is 18.4. The van der Waals surface area contributed by atoms with E-state index in [1.165, 1.54) is 6.92 Å². The summed E-state index contributed by atoms with van der Waals surface area (Å²) < 4.78 is 5.04. The lowest BCUT2D eigenvalue weighted by molar-refractivity contribution is -0.120. The molecule has 0 saturated carbocycles. The molecule has 0 aliphatic carbocycles. The Morgan fingerprint density at radius 1 is 1.18 bits per heavy atom. The van der Waals surface area contributed by atoms with Crippen LogP contribution in [0.15, 0.2) is 0 Å². The van der Waals surface area contributed by atoms with Gasteiger partial charge in [0.2, 0.25) is 5.91 Å². The highest BCUT2D eigenvalue weighted by molar-refractivity contribution is 7.18. The summed E-state index contributed by atoms with van der Waals surface area (Å²) in [5.41, 5.74) is 0.854. The third-order valence-electron chi connectivity index (χ3n) is 3.54. The summed E-state index contributed by atoms with van der Waals surface area (Å²) in [6, 6.07) is 0. The van der Waals surface area contributed by atoms with Crippen LogP contribution >= 0.6 is 11.3 Å². The van der Waals surface area contributed by atoms with Gasteiger partial charge in [-0.3, -0.25) is 9.59 Å². The van der Waals surface area contributed by atoms with E-state index < -0.39 is 5.97 Å². The highest BCUT2D eigenvalue weighted by Crippen LogP contribution is 2.34. The zero-order valence-electron chi connectivity index (χ0n) is 13.7. The Hall–Kier alpha value is -1.69. The molecule has 1 aromatic rings. The van der Waals surface area contributed by atoms with Gasteiger partial charge in [-0.2, -0.15) is 0 Å². The minimum Gasteiger partial charge on any atom is -0.462 e. The fourth-order valence-corrected chi connectivity index (χ4v) is 3.35. The maximum atomic E-state index is 12.3. The molecule has 0 unspecified atom stereocenters. The number of amides is 1. The highest BCUT2D eigenvalue weighted by atomic mass is 32.1. The Kier molecular flexibility index (Phi) is 6.74. The molecule has 0 saturated heterocycles. The first-order valence-electron chi connectivity index (χ1n) is 7.49. The number of carbonyl (C=O) groups is 3. The van der Waals surface area contributed by atoms with Gasteiger partial charge >= 0.3 is 5.97 Å². The largest absolute Gasteiger partial charge is 0.462 e. The molecule has 0 radical (unpaired) electrons. The van der Waals surface area contributed by atoms with Crippen molar-refractivity contribution in [1.82, 2.24) is 0 Å². The second kappa shape index (κ2) is 8.08. The second-order valence-electron chi connectivity index (χ2n) is 5.04. The van der Waals surface area contributed by atoms with E-state index in [-0.39, 0.29) is 29.8 Å². The van der Waals surface area contributed by atoms with Crippen molar-refractivity contribution in [2.24, 2.45) is 5.92 Å². The van der Waals surface area contributed by atoms with Crippen molar-refractivity contribution >= 4 is 34.0 Å². The number of Topliss-reactive ketones (excluding diaryl/α,β-unsaturated/α-hetero) is 1. The van der Waals surface area contributed by atoms with Gasteiger partial charge in [0.25, 0.3) is 0 Å². The second-order valence-corrected chi connectivity index (χ2v) is 6.06. The number of anilines is 1. The van der Waals surface area contributed by atoms with Crippen molar-refractivity contribution in [1.29, 1.82) is 0 Å². The van der Waals surface area contributed by atoms with Gasteiger partial charge in [0, 0.05) is 5.92 Å². The van der Waals surface area contributed by atoms with Crippen LogP contribution in [0.1, 0.15) is 66.1 Å². The Balaban J connectivity index is 3.22. The van der Waals surface area contributed by atoms with E-state index in [0.717, 1.165) is 24.2 Å². The van der Waals surface area contributed by atoms with Crippen LogP contribution in [-0.2, 0) is 9.53 Å². The number of ketones is 1. The molecule has 122 valence electrons. The lowest BCUT2D eigenvalue weighted by Crippen LogP contribution is -2.22. The fourth-order valence-electron chi connectivity index (χ4n) is 2.26. The summed E-state index contributed by atoms with van der Waals surface area (Å²) in [6.45, 7) is 8.99. The number of esters is 1. The third-order valence-corrected chi connectivity index (χ3v) is 4.85. The third kappa shape index (κ3) is 3.94. The molecule has 1 aromatic heterocycles. The quantitative estimate of drug-likeness (QED) is 0.611. The summed E-state index contributed by atoms with van der Waals surface area (Å²) in [6.07, 6.45) is 1.45. The van der Waals surface area contributed by atoms with Gasteiger partial charge in [0.15, 0.2) is 5.78 Å². The van der Waals surface area contributed by atoms with E-state index >= 15 is 0 Å². The summed E-state index contributed by atoms with van der Waals surface area (Å²) in [5.74, 6) is -0.884. The number of hydrogen-bond acceptors (Lipinski definition) is 5. The van der Waals surface area contributed by atoms with Crippen LogP contribution in [0.4, 0.5) is 5.00 Å². The van der Waals surface area contributed by atoms with E-state index in [4.69, 9.17) is 4.74 Å². The Morgan fingerprint density at radius 3 is 2.23 bits per heavy atom. The van der Waals surface area contributed by atoms with Gasteiger partial charge in [-0.25, -0.2) is 4.79 Å². The summed E-state index contributed by atoms with van der Waals surface area (Å²) in [4.78, 5) is 36.6. The predicted molar refractivity (Wildman–Crippen MR) is 87.7 cm³/mol. The van der Waals surface area contributed by atoms with Crippen molar-refractivity contribution in [2.75, 3.05) is 11.9 Å². The summed E-state index contributed by atoms with van der Waals surface area (Å²) in [7, 11) is 0. The topological polar surface area (TPSA) is 72.5 Å². The zero-order chi connectivity index (χ0) is 16.9. The molecule has 1 heterocycles. The number of ether oxygens (including phenoxy) is 1. The van der Waals surface area contributed by atoms with Gasteiger partial charge < -0.3 is 10.1 Å². The van der Waals surface area contributed by atoms with Gasteiger partial charge in [0.05, 0.1) is 17.0 Å². The first-order chi connectivity index (χ1) is 10.4. The van der Waals surface area contributed by atoms with Crippen LogP contribution in [0, 0.1) is 12.8 Å². The van der Waals surface area contributed by atoms with E-state index in [2.05, 4.69) is 5.32 Å². The number of carbonyl (C=O) groups excluding carboxylic acids is 3. The van der Waals surface area contributed by atoms with Crippen LogP contribution < -0.4 is 5.32 Å². The minimum atomic E-state index is -0.511. The molecular weight excluding hydrogens is 302 g/mol. The number of hydrogen-bond donors (Lipinski definition) is 1. The number of rotatable bonds is 7. The average molecular weight is 325 g/mol. The number of nitrogens with one attached hydrogen (secondary N) is 1. The molecule has 1 N–H and O–H groups in total. The Labute approximate surface area is 135 Å². The molecule has 1 amide bonds. The summed E-state index contributed by atoms with van der Waals surface area (Å²) >= 11 is 1.13. The maximum absolute atomic E-state index is 12.3. The Bertz CT molecular complexity index is 573. The van der Waals surface area contributed by atoms with E-state index in [9.17, 15) is 14.4 Å². The molecule has 0 atom stereocenters. The molecule has 0 aliphatic heterocycles. The molecule has 0 aromatic carbocycles.